The first kappa shape index (κ1) is 14.8. The van der Waals surface area contributed by atoms with E-state index in [-0.39, 0.29) is 0 Å². The fourth-order valence-electron chi connectivity index (χ4n) is 2.93. The Morgan fingerprint density at radius 1 is 1.23 bits per heavy atom. The minimum Gasteiger partial charge on any atom is -0.478 e. The van der Waals surface area contributed by atoms with Crippen molar-refractivity contribution >= 4 is 5.82 Å². The molecule has 0 amide bonds. The van der Waals surface area contributed by atoms with Crippen LogP contribution < -0.4 is 9.64 Å². The number of aromatic nitrogens is 4. The molecule has 118 valence electrons. The van der Waals surface area contributed by atoms with Crippen LogP contribution in [0.4, 0.5) is 5.82 Å². The minimum absolute atomic E-state index is 0.602. The molecule has 0 N–H and O–H groups in total. The highest BCUT2D eigenvalue weighted by molar-refractivity contribution is 5.41. The molecular weight excluding hydrogens is 278 g/mol. The normalized spacial score (nSPS) is 16.0. The van der Waals surface area contributed by atoms with Crippen molar-refractivity contribution < 1.29 is 4.74 Å². The minimum atomic E-state index is 0.602. The molecule has 0 bridgehead atoms. The molecule has 0 spiro atoms. The van der Waals surface area contributed by atoms with Crippen molar-refractivity contribution in [3.63, 3.8) is 0 Å². The zero-order valence-corrected chi connectivity index (χ0v) is 13.3. The van der Waals surface area contributed by atoms with Crippen LogP contribution in [0, 0.1) is 0 Å². The summed E-state index contributed by atoms with van der Waals surface area (Å²) in [6, 6.07) is 1.93. The van der Waals surface area contributed by atoms with Gasteiger partial charge in [0.05, 0.1) is 12.8 Å². The molecule has 6 nitrogen and oxygen atoms in total. The maximum absolute atomic E-state index is 5.45. The Hall–Kier alpha value is -2.11. The molecule has 0 atom stereocenters. The van der Waals surface area contributed by atoms with E-state index in [1.165, 1.54) is 5.56 Å². The number of rotatable bonds is 5. The predicted octanol–water partition coefficient (Wildman–Crippen LogP) is 2.48. The van der Waals surface area contributed by atoms with Crippen molar-refractivity contribution in [2.75, 3.05) is 24.6 Å². The molecule has 0 radical (unpaired) electrons. The fourth-order valence-corrected chi connectivity index (χ4v) is 2.93. The molecule has 22 heavy (non-hydrogen) atoms. The van der Waals surface area contributed by atoms with Gasteiger partial charge in [-0.25, -0.2) is 9.97 Å². The van der Waals surface area contributed by atoms with Gasteiger partial charge in [-0.05, 0) is 38.2 Å². The molecule has 0 unspecified atom stereocenters. The van der Waals surface area contributed by atoms with Gasteiger partial charge in [-0.1, -0.05) is 0 Å². The predicted molar refractivity (Wildman–Crippen MR) is 85.3 cm³/mol. The summed E-state index contributed by atoms with van der Waals surface area (Å²) >= 11 is 0. The van der Waals surface area contributed by atoms with E-state index in [1.54, 1.807) is 6.33 Å². The molecule has 2 aromatic heterocycles. The highest BCUT2D eigenvalue weighted by atomic mass is 16.5. The van der Waals surface area contributed by atoms with Gasteiger partial charge in [0.15, 0.2) is 0 Å². The average molecular weight is 301 g/mol. The summed E-state index contributed by atoms with van der Waals surface area (Å²) in [6.07, 6.45) is 8.03. The summed E-state index contributed by atoms with van der Waals surface area (Å²) < 4.78 is 7.45. The van der Waals surface area contributed by atoms with Gasteiger partial charge < -0.3 is 9.64 Å². The van der Waals surface area contributed by atoms with Crippen molar-refractivity contribution in [3.8, 4) is 5.88 Å². The van der Waals surface area contributed by atoms with Crippen LogP contribution in [-0.4, -0.2) is 39.4 Å². The lowest BCUT2D eigenvalue weighted by Gasteiger charge is -2.32. The fraction of sp³-hybridized carbons (Fsp3) is 0.562. The highest BCUT2D eigenvalue weighted by Crippen LogP contribution is 2.30. The number of hydrogen-bond donors (Lipinski definition) is 0. The molecule has 1 fully saturated rings. The van der Waals surface area contributed by atoms with Gasteiger partial charge in [0.1, 0.15) is 12.1 Å². The summed E-state index contributed by atoms with van der Waals surface area (Å²) in [5, 5.41) is 4.39. The third kappa shape index (κ3) is 3.21. The second kappa shape index (κ2) is 6.77. The van der Waals surface area contributed by atoms with E-state index in [9.17, 15) is 0 Å². The van der Waals surface area contributed by atoms with E-state index in [0.717, 1.165) is 38.3 Å². The molecule has 0 saturated carbocycles. The molecule has 6 heteroatoms. The molecule has 1 saturated heterocycles. The number of hydrogen-bond acceptors (Lipinski definition) is 5. The van der Waals surface area contributed by atoms with Gasteiger partial charge in [-0.15, -0.1) is 0 Å². The van der Waals surface area contributed by atoms with Crippen LogP contribution in [0.25, 0.3) is 0 Å². The number of ether oxygens (including phenoxy) is 1. The van der Waals surface area contributed by atoms with Crippen molar-refractivity contribution in [2.45, 2.75) is 39.2 Å². The average Bonchev–Trinajstić information content (AvgIpc) is 3.05. The second-order valence-electron chi connectivity index (χ2n) is 5.54. The van der Waals surface area contributed by atoms with Crippen LogP contribution in [0.3, 0.4) is 0 Å². The first-order valence-corrected chi connectivity index (χ1v) is 8.02. The van der Waals surface area contributed by atoms with Crippen LogP contribution >= 0.6 is 0 Å². The largest absolute Gasteiger partial charge is 0.478 e. The Morgan fingerprint density at radius 3 is 2.73 bits per heavy atom. The summed E-state index contributed by atoms with van der Waals surface area (Å²) in [4.78, 5) is 10.8. The molecule has 3 heterocycles. The Bertz CT molecular complexity index is 604. The van der Waals surface area contributed by atoms with E-state index in [2.05, 4.69) is 33.1 Å². The molecule has 0 aliphatic carbocycles. The van der Waals surface area contributed by atoms with E-state index in [0.29, 0.717) is 18.4 Å². The topological polar surface area (TPSA) is 56.1 Å². The van der Waals surface area contributed by atoms with Crippen LogP contribution in [0.5, 0.6) is 5.88 Å². The van der Waals surface area contributed by atoms with Crippen LogP contribution in [0.2, 0.25) is 0 Å². The van der Waals surface area contributed by atoms with E-state index < -0.39 is 0 Å². The lowest BCUT2D eigenvalue weighted by atomic mass is 9.91. The first-order valence-electron chi connectivity index (χ1n) is 8.02. The molecule has 1 aliphatic heterocycles. The number of anilines is 1. The first-order chi connectivity index (χ1) is 10.8. The van der Waals surface area contributed by atoms with Crippen molar-refractivity contribution in [2.24, 2.45) is 0 Å². The summed E-state index contributed by atoms with van der Waals surface area (Å²) in [5.41, 5.74) is 1.36. The second-order valence-corrected chi connectivity index (χ2v) is 5.54. The lowest BCUT2D eigenvalue weighted by molar-refractivity contribution is 0.326. The summed E-state index contributed by atoms with van der Waals surface area (Å²) in [7, 11) is 0. The van der Waals surface area contributed by atoms with Crippen LogP contribution in [0.1, 0.15) is 38.2 Å². The Kier molecular flexibility index (Phi) is 4.56. The number of aryl methyl sites for hydroxylation is 1. The Morgan fingerprint density at radius 2 is 2.05 bits per heavy atom. The number of piperidine rings is 1. The van der Waals surface area contributed by atoms with Gasteiger partial charge in [0.2, 0.25) is 5.88 Å². The quantitative estimate of drug-likeness (QED) is 0.849. The zero-order valence-electron chi connectivity index (χ0n) is 13.3. The number of nitrogens with zero attached hydrogens (tertiary/aromatic N) is 5. The molecule has 2 aromatic rings. The SMILES string of the molecule is CCOc1cc(N2CCC(c3cnn(CC)c3)CC2)ncn1. The summed E-state index contributed by atoms with van der Waals surface area (Å²) in [5.74, 6) is 2.21. The third-order valence-electron chi connectivity index (χ3n) is 4.19. The highest BCUT2D eigenvalue weighted by Gasteiger charge is 2.22. The molecule has 1 aliphatic rings. The van der Waals surface area contributed by atoms with Gasteiger partial charge >= 0.3 is 0 Å². The maximum atomic E-state index is 5.45. The van der Waals surface area contributed by atoms with Crippen molar-refractivity contribution in [1.29, 1.82) is 0 Å². The Balaban J connectivity index is 1.62. The van der Waals surface area contributed by atoms with E-state index in [1.807, 2.05) is 23.9 Å². The van der Waals surface area contributed by atoms with E-state index >= 15 is 0 Å². The van der Waals surface area contributed by atoms with Gasteiger partial charge in [-0.2, -0.15) is 5.10 Å². The van der Waals surface area contributed by atoms with Gasteiger partial charge in [0, 0.05) is 31.9 Å². The Labute approximate surface area is 131 Å². The van der Waals surface area contributed by atoms with E-state index in [4.69, 9.17) is 4.74 Å². The van der Waals surface area contributed by atoms with Gasteiger partial charge in [0.25, 0.3) is 0 Å². The molecular formula is C16H23N5O. The van der Waals surface area contributed by atoms with Crippen molar-refractivity contribution in [3.05, 3.63) is 30.4 Å². The molecule has 3 rings (SSSR count). The summed E-state index contributed by atoms with van der Waals surface area (Å²) in [6.45, 7) is 7.64. The van der Waals surface area contributed by atoms with Crippen LogP contribution in [0.15, 0.2) is 24.8 Å². The monoisotopic (exact) mass is 301 g/mol. The lowest BCUT2D eigenvalue weighted by Crippen LogP contribution is -2.33. The van der Waals surface area contributed by atoms with Crippen LogP contribution in [-0.2, 0) is 6.54 Å². The van der Waals surface area contributed by atoms with Gasteiger partial charge in [-0.3, -0.25) is 4.68 Å². The third-order valence-corrected chi connectivity index (χ3v) is 4.19. The standard InChI is InChI=1S/C16H23N5O/c1-3-21-11-14(10-19-21)13-5-7-20(8-6-13)15-9-16(22-4-2)18-12-17-15/h9-13H,3-8H2,1-2H3. The molecule has 0 aromatic carbocycles. The smallest absolute Gasteiger partial charge is 0.218 e. The van der Waals surface area contributed by atoms with Crippen molar-refractivity contribution in [1.82, 2.24) is 19.7 Å². The maximum Gasteiger partial charge on any atom is 0.218 e. The zero-order chi connectivity index (χ0) is 15.4.